The molecule has 2 heterocycles. The van der Waals surface area contributed by atoms with Gasteiger partial charge in [0, 0.05) is 18.7 Å². The van der Waals surface area contributed by atoms with E-state index in [2.05, 4.69) is 21.7 Å². The van der Waals surface area contributed by atoms with E-state index >= 15 is 0 Å². The van der Waals surface area contributed by atoms with Crippen LogP contribution < -0.4 is 5.32 Å². The number of amides is 2. The Bertz CT molecular complexity index is 505. The zero-order chi connectivity index (χ0) is 16.1. The summed E-state index contributed by atoms with van der Waals surface area (Å²) in [6.07, 6.45) is 0.444. The van der Waals surface area contributed by atoms with Gasteiger partial charge in [-0.25, -0.2) is 0 Å². The molecule has 0 aromatic carbocycles. The molecule has 1 aromatic rings. The lowest BCUT2D eigenvalue weighted by Crippen LogP contribution is -2.48. The Morgan fingerprint density at radius 2 is 2.27 bits per heavy atom. The molecule has 22 heavy (non-hydrogen) atoms. The topological polar surface area (TPSA) is 52.7 Å². The Balaban J connectivity index is 1.95. The first-order chi connectivity index (χ1) is 10.5. The minimum absolute atomic E-state index is 0.0473. The van der Waals surface area contributed by atoms with Crippen LogP contribution in [0.2, 0.25) is 0 Å². The number of nitrogens with zero attached hydrogens (tertiary/aromatic N) is 2. The van der Waals surface area contributed by atoms with Crippen LogP contribution in [0.1, 0.15) is 24.9 Å². The molecular formula is C15H23N3O2S2. The summed E-state index contributed by atoms with van der Waals surface area (Å²) >= 11 is 3.29. The largest absolute Gasteiger partial charge is 0.352 e. The quantitative estimate of drug-likeness (QED) is 0.857. The fourth-order valence-corrected chi connectivity index (χ4v) is 4.37. The minimum Gasteiger partial charge on any atom is -0.352 e. The first-order valence-corrected chi connectivity index (χ1v) is 9.47. The molecule has 1 saturated heterocycles. The summed E-state index contributed by atoms with van der Waals surface area (Å²) in [4.78, 5) is 28.1. The van der Waals surface area contributed by atoms with Crippen LogP contribution >= 0.6 is 23.1 Å². The van der Waals surface area contributed by atoms with Gasteiger partial charge in [0.15, 0.2) is 0 Å². The molecule has 1 N–H and O–H groups in total. The molecule has 1 fully saturated rings. The van der Waals surface area contributed by atoms with E-state index in [-0.39, 0.29) is 23.9 Å². The summed E-state index contributed by atoms with van der Waals surface area (Å²) in [5, 5.41) is 7.17. The van der Waals surface area contributed by atoms with Crippen LogP contribution in [-0.4, -0.2) is 59.9 Å². The standard InChI is InChI=1S/C15H23N3O2S2/c1-4-14(19)18-10-22-9-13(18)15(20)16-7-12(17(2)3)11-5-6-21-8-11/h5-6,8,12-13H,4,7,9-10H2,1-3H3,(H,16,20). The summed E-state index contributed by atoms with van der Waals surface area (Å²) in [6, 6.07) is 1.90. The van der Waals surface area contributed by atoms with Gasteiger partial charge in [-0.2, -0.15) is 11.3 Å². The van der Waals surface area contributed by atoms with Gasteiger partial charge >= 0.3 is 0 Å². The fraction of sp³-hybridized carbons (Fsp3) is 0.600. The summed E-state index contributed by atoms with van der Waals surface area (Å²) in [5.41, 5.74) is 1.21. The van der Waals surface area contributed by atoms with Crippen LogP contribution in [0.15, 0.2) is 16.8 Å². The maximum Gasteiger partial charge on any atom is 0.243 e. The van der Waals surface area contributed by atoms with E-state index in [4.69, 9.17) is 0 Å². The first-order valence-electron chi connectivity index (χ1n) is 7.38. The van der Waals surface area contributed by atoms with Gasteiger partial charge < -0.3 is 15.1 Å². The molecule has 1 aliphatic heterocycles. The van der Waals surface area contributed by atoms with Gasteiger partial charge in [-0.15, -0.1) is 11.8 Å². The lowest BCUT2D eigenvalue weighted by atomic mass is 10.1. The number of hydrogen-bond acceptors (Lipinski definition) is 5. The number of carbonyl (C=O) groups excluding carboxylic acids is 2. The lowest BCUT2D eigenvalue weighted by Gasteiger charge is -2.26. The third-order valence-electron chi connectivity index (χ3n) is 3.83. The average molecular weight is 342 g/mol. The van der Waals surface area contributed by atoms with Crippen LogP contribution in [0.4, 0.5) is 0 Å². The SMILES string of the molecule is CCC(=O)N1CSCC1C(=O)NCC(c1ccsc1)N(C)C. The molecule has 2 amide bonds. The van der Waals surface area contributed by atoms with E-state index in [0.717, 1.165) is 0 Å². The predicted molar refractivity (Wildman–Crippen MR) is 92.0 cm³/mol. The van der Waals surface area contributed by atoms with Crippen molar-refractivity contribution in [3.63, 3.8) is 0 Å². The monoisotopic (exact) mass is 341 g/mol. The van der Waals surface area contributed by atoms with Crippen molar-refractivity contribution in [2.45, 2.75) is 25.4 Å². The maximum atomic E-state index is 12.4. The van der Waals surface area contributed by atoms with Crippen molar-refractivity contribution >= 4 is 34.9 Å². The van der Waals surface area contributed by atoms with Crippen LogP contribution in [-0.2, 0) is 9.59 Å². The zero-order valence-electron chi connectivity index (χ0n) is 13.2. The molecule has 7 heteroatoms. The highest BCUT2D eigenvalue weighted by Crippen LogP contribution is 2.23. The van der Waals surface area contributed by atoms with Crippen molar-refractivity contribution in [2.24, 2.45) is 0 Å². The number of thioether (sulfide) groups is 1. The van der Waals surface area contributed by atoms with Gasteiger partial charge in [-0.05, 0) is 36.5 Å². The van der Waals surface area contributed by atoms with Crippen LogP contribution in [0.5, 0.6) is 0 Å². The van der Waals surface area contributed by atoms with Crippen LogP contribution in [0.25, 0.3) is 0 Å². The van der Waals surface area contributed by atoms with Crippen molar-refractivity contribution in [3.8, 4) is 0 Å². The van der Waals surface area contributed by atoms with Gasteiger partial charge in [-0.1, -0.05) is 6.92 Å². The highest BCUT2D eigenvalue weighted by Gasteiger charge is 2.34. The van der Waals surface area contributed by atoms with Gasteiger partial charge in [0.2, 0.25) is 11.8 Å². The molecule has 1 aliphatic rings. The summed E-state index contributed by atoms with van der Waals surface area (Å²) in [5.74, 6) is 1.30. The minimum atomic E-state index is -0.331. The second-order valence-corrected chi connectivity index (χ2v) is 7.29. The third-order valence-corrected chi connectivity index (χ3v) is 5.54. The maximum absolute atomic E-state index is 12.4. The summed E-state index contributed by atoms with van der Waals surface area (Å²) in [6.45, 7) is 2.39. The normalized spacial score (nSPS) is 19.5. The number of hydrogen-bond donors (Lipinski definition) is 1. The number of nitrogens with one attached hydrogen (secondary N) is 1. The Morgan fingerprint density at radius 3 is 2.86 bits per heavy atom. The van der Waals surface area contributed by atoms with Crippen LogP contribution in [0, 0.1) is 0 Å². The van der Waals surface area contributed by atoms with Gasteiger partial charge in [0.1, 0.15) is 6.04 Å². The fourth-order valence-electron chi connectivity index (χ4n) is 2.49. The van der Waals surface area contributed by atoms with E-state index in [1.54, 1.807) is 28.0 Å². The molecular weight excluding hydrogens is 318 g/mol. The Morgan fingerprint density at radius 1 is 1.50 bits per heavy atom. The van der Waals surface area contributed by atoms with Crippen LogP contribution in [0.3, 0.4) is 0 Å². The summed E-state index contributed by atoms with van der Waals surface area (Å²) < 4.78 is 0. The number of likely N-dealkylation sites (N-methyl/N-ethyl adjacent to an activating group) is 1. The predicted octanol–water partition coefficient (Wildman–Crippen LogP) is 1.78. The van der Waals surface area contributed by atoms with E-state index in [1.807, 2.05) is 26.4 Å². The molecule has 1 aromatic heterocycles. The number of thiophene rings is 1. The smallest absolute Gasteiger partial charge is 0.243 e. The highest BCUT2D eigenvalue weighted by molar-refractivity contribution is 7.99. The second kappa shape index (κ2) is 7.99. The molecule has 122 valence electrons. The molecule has 0 spiro atoms. The van der Waals surface area contributed by atoms with E-state index < -0.39 is 0 Å². The average Bonchev–Trinajstić information content (AvgIpc) is 3.17. The van der Waals surface area contributed by atoms with Gasteiger partial charge in [0.05, 0.1) is 11.9 Å². The van der Waals surface area contributed by atoms with Crippen molar-refractivity contribution in [1.82, 2.24) is 15.1 Å². The number of carbonyl (C=O) groups is 2. The van der Waals surface area contributed by atoms with Crippen molar-refractivity contribution in [2.75, 3.05) is 32.3 Å². The molecule has 2 unspecified atom stereocenters. The van der Waals surface area contributed by atoms with Gasteiger partial charge in [-0.3, -0.25) is 9.59 Å². The Labute approximate surface area is 140 Å². The Hall–Kier alpha value is -1.05. The van der Waals surface area contributed by atoms with E-state index in [0.29, 0.717) is 24.6 Å². The molecule has 0 bridgehead atoms. The van der Waals surface area contributed by atoms with Crippen molar-refractivity contribution in [1.29, 1.82) is 0 Å². The molecule has 2 rings (SSSR count). The second-order valence-electron chi connectivity index (χ2n) is 5.51. The van der Waals surface area contributed by atoms with E-state index in [1.165, 1.54) is 5.56 Å². The van der Waals surface area contributed by atoms with E-state index in [9.17, 15) is 9.59 Å². The van der Waals surface area contributed by atoms with Crippen molar-refractivity contribution in [3.05, 3.63) is 22.4 Å². The molecule has 0 saturated carbocycles. The molecule has 5 nitrogen and oxygen atoms in total. The first kappa shape index (κ1) is 17.3. The molecule has 2 atom stereocenters. The molecule has 0 radical (unpaired) electrons. The van der Waals surface area contributed by atoms with Gasteiger partial charge in [0.25, 0.3) is 0 Å². The summed E-state index contributed by atoms with van der Waals surface area (Å²) in [7, 11) is 4.01. The zero-order valence-corrected chi connectivity index (χ0v) is 14.9. The lowest BCUT2D eigenvalue weighted by molar-refractivity contribution is -0.137. The third kappa shape index (κ3) is 4.02. The Kier molecular flexibility index (Phi) is 6.28. The number of rotatable bonds is 6. The molecule has 0 aliphatic carbocycles. The van der Waals surface area contributed by atoms with Crippen molar-refractivity contribution < 1.29 is 9.59 Å². The highest BCUT2D eigenvalue weighted by atomic mass is 32.2.